The van der Waals surface area contributed by atoms with E-state index in [-0.39, 0.29) is 5.97 Å². The second kappa shape index (κ2) is 7.76. The van der Waals surface area contributed by atoms with E-state index < -0.39 is 0 Å². The average Bonchev–Trinajstić information content (AvgIpc) is 3.20. The molecule has 0 atom stereocenters. The Bertz CT molecular complexity index is 725. The third-order valence-corrected chi connectivity index (χ3v) is 5.33. The van der Waals surface area contributed by atoms with Crippen LogP contribution >= 0.6 is 23.6 Å². The van der Waals surface area contributed by atoms with Gasteiger partial charge in [-0.2, -0.15) is 5.10 Å². The fraction of sp³-hybridized carbons (Fsp3) is 0.438. The normalized spacial score (nSPS) is 13.2. The van der Waals surface area contributed by atoms with Gasteiger partial charge in [0.15, 0.2) is 5.11 Å². The van der Waals surface area contributed by atoms with Crippen molar-refractivity contribution in [3.8, 4) is 0 Å². The maximum Gasteiger partial charge on any atom is 0.341 e. The quantitative estimate of drug-likeness (QED) is 0.559. The van der Waals surface area contributed by atoms with Crippen LogP contribution in [0.2, 0.25) is 0 Å². The zero-order valence-electron chi connectivity index (χ0n) is 13.5. The molecule has 2 aromatic rings. The molecule has 0 fully saturated rings. The number of fused-ring (bicyclic) bond motifs is 1. The standard InChI is InChI=1S/C16H20N4O2S2/c1-2-22-15(21)13-11-5-3-4-6-12(11)24-14(13)19-16(23)17-9-10-7-8-18-20-10/h7-8H,2-6,9H2,1H3,(H,18,20)(H2,17,19,23). The molecule has 1 aliphatic rings. The van der Waals surface area contributed by atoms with Crippen molar-refractivity contribution in [1.29, 1.82) is 0 Å². The number of aryl methyl sites for hydroxylation is 1. The molecule has 128 valence electrons. The Morgan fingerprint density at radius 3 is 3.04 bits per heavy atom. The van der Waals surface area contributed by atoms with Gasteiger partial charge < -0.3 is 15.4 Å². The van der Waals surface area contributed by atoms with E-state index in [4.69, 9.17) is 17.0 Å². The highest BCUT2D eigenvalue weighted by Crippen LogP contribution is 2.38. The molecule has 2 heterocycles. The van der Waals surface area contributed by atoms with Crippen LogP contribution in [-0.4, -0.2) is 27.9 Å². The van der Waals surface area contributed by atoms with E-state index in [1.165, 1.54) is 4.88 Å². The van der Waals surface area contributed by atoms with E-state index in [1.807, 2.05) is 13.0 Å². The van der Waals surface area contributed by atoms with Gasteiger partial charge in [0.25, 0.3) is 0 Å². The number of aromatic amines is 1. The van der Waals surface area contributed by atoms with Crippen LogP contribution in [0.15, 0.2) is 12.3 Å². The molecule has 8 heteroatoms. The summed E-state index contributed by atoms with van der Waals surface area (Å²) in [6.45, 7) is 2.73. The summed E-state index contributed by atoms with van der Waals surface area (Å²) in [5, 5.41) is 14.3. The van der Waals surface area contributed by atoms with Gasteiger partial charge in [0.2, 0.25) is 0 Å². The lowest BCUT2D eigenvalue weighted by molar-refractivity contribution is 0.0526. The lowest BCUT2D eigenvalue weighted by Crippen LogP contribution is -2.28. The third kappa shape index (κ3) is 3.76. The van der Waals surface area contributed by atoms with Gasteiger partial charge in [0.1, 0.15) is 5.00 Å². The van der Waals surface area contributed by atoms with Crippen molar-refractivity contribution in [1.82, 2.24) is 15.5 Å². The number of aromatic nitrogens is 2. The topological polar surface area (TPSA) is 79.0 Å². The maximum atomic E-state index is 12.4. The number of nitrogens with zero attached hydrogens (tertiary/aromatic N) is 1. The maximum absolute atomic E-state index is 12.4. The summed E-state index contributed by atoms with van der Waals surface area (Å²) in [4.78, 5) is 13.7. The molecule has 3 rings (SSSR count). The zero-order chi connectivity index (χ0) is 16.9. The monoisotopic (exact) mass is 364 g/mol. The van der Waals surface area contributed by atoms with E-state index >= 15 is 0 Å². The van der Waals surface area contributed by atoms with Crippen molar-refractivity contribution in [2.45, 2.75) is 39.2 Å². The summed E-state index contributed by atoms with van der Waals surface area (Å²) in [5.41, 5.74) is 2.72. The smallest absolute Gasteiger partial charge is 0.341 e. The number of thiocarbonyl (C=S) groups is 1. The first-order valence-corrected chi connectivity index (χ1v) is 9.26. The molecule has 6 nitrogen and oxygen atoms in total. The predicted molar refractivity (Wildman–Crippen MR) is 98.6 cm³/mol. The highest BCUT2D eigenvalue weighted by molar-refractivity contribution is 7.80. The van der Waals surface area contributed by atoms with Crippen LogP contribution in [0.25, 0.3) is 0 Å². The van der Waals surface area contributed by atoms with Gasteiger partial charge in [-0.1, -0.05) is 0 Å². The Balaban J connectivity index is 1.75. The first kappa shape index (κ1) is 16.9. The van der Waals surface area contributed by atoms with Gasteiger partial charge >= 0.3 is 5.97 Å². The molecule has 0 radical (unpaired) electrons. The second-order valence-electron chi connectivity index (χ2n) is 5.53. The van der Waals surface area contributed by atoms with Gasteiger partial charge in [0.05, 0.1) is 24.4 Å². The number of carbonyl (C=O) groups excluding carboxylic acids is 1. The summed E-state index contributed by atoms with van der Waals surface area (Å²) in [6.07, 6.45) is 5.91. The van der Waals surface area contributed by atoms with Crippen molar-refractivity contribution >= 4 is 39.6 Å². The Morgan fingerprint density at radius 2 is 2.29 bits per heavy atom. The number of H-pyrrole nitrogens is 1. The van der Waals surface area contributed by atoms with Crippen molar-refractivity contribution in [3.05, 3.63) is 34.0 Å². The minimum absolute atomic E-state index is 0.268. The highest BCUT2D eigenvalue weighted by Gasteiger charge is 2.26. The molecular formula is C16H20N4O2S2. The van der Waals surface area contributed by atoms with Crippen molar-refractivity contribution in [2.75, 3.05) is 11.9 Å². The van der Waals surface area contributed by atoms with E-state index in [0.717, 1.165) is 41.9 Å². The number of thiophene rings is 1. The summed E-state index contributed by atoms with van der Waals surface area (Å²) in [7, 11) is 0. The van der Waals surface area contributed by atoms with Crippen LogP contribution in [0.5, 0.6) is 0 Å². The molecule has 0 aromatic carbocycles. The van der Waals surface area contributed by atoms with Crippen LogP contribution in [0, 0.1) is 0 Å². The molecule has 3 N–H and O–H groups in total. The van der Waals surface area contributed by atoms with Crippen LogP contribution in [0.4, 0.5) is 5.00 Å². The van der Waals surface area contributed by atoms with Crippen LogP contribution in [-0.2, 0) is 24.1 Å². The third-order valence-electron chi connectivity index (χ3n) is 3.88. The SMILES string of the molecule is CCOC(=O)c1c(NC(=S)NCc2ccn[nH]2)sc2c1CCCC2. The van der Waals surface area contributed by atoms with Crippen molar-refractivity contribution in [2.24, 2.45) is 0 Å². The number of hydrogen-bond acceptors (Lipinski definition) is 5. The van der Waals surface area contributed by atoms with E-state index in [1.54, 1.807) is 17.5 Å². The second-order valence-corrected chi connectivity index (χ2v) is 7.04. The Hall–Kier alpha value is -1.93. The molecule has 0 amide bonds. The lowest BCUT2D eigenvalue weighted by atomic mass is 9.95. The molecule has 0 bridgehead atoms. The highest BCUT2D eigenvalue weighted by atomic mass is 32.1. The minimum Gasteiger partial charge on any atom is -0.462 e. The summed E-state index contributed by atoms with van der Waals surface area (Å²) in [5.74, 6) is -0.268. The Labute approximate surface area is 150 Å². The first-order valence-electron chi connectivity index (χ1n) is 8.03. The number of ether oxygens (including phenoxy) is 1. The summed E-state index contributed by atoms with van der Waals surface area (Å²) < 4.78 is 5.24. The molecule has 0 spiro atoms. The largest absolute Gasteiger partial charge is 0.462 e. The molecular weight excluding hydrogens is 344 g/mol. The zero-order valence-corrected chi connectivity index (χ0v) is 15.1. The number of esters is 1. The van der Waals surface area contributed by atoms with E-state index in [2.05, 4.69) is 20.8 Å². The number of carbonyl (C=O) groups is 1. The Kier molecular flexibility index (Phi) is 5.47. The number of anilines is 1. The van der Waals surface area contributed by atoms with Gasteiger partial charge in [0, 0.05) is 11.1 Å². The lowest BCUT2D eigenvalue weighted by Gasteiger charge is -2.13. The van der Waals surface area contributed by atoms with E-state index in [0.29, 0.717) is 23.8 Å². The van der Waals surface area contributed by atoms with Gasteiger partial charge in [-0.3, -0.25) is 5.10 Å². The molecule has 1 aliphatic carbocycles. The molecule has 2 aromatic heterocycles. The molecule has 0 saturated carbocycles. The van der Waals surface area contributed by atoms with Gasteiger partial charge in [-0.05, 0) is 56.5 Å². The van der Waals surface area contributed by atoms with Crippen LogP contribution < -0.4 is 10.6 Å². The van der Waals surface area contributed by atoms with Crippen LogP contribution in [0.3, 0.4) is 0 Å². The molecule has 24 heavy (non-hydrogen) atoms. The Morgan fingerprint density at radius 1 is 1.46 bits per heavy atom. The minimum atomic E-state index is -0.268. The molecule has 0 saturated heterocycles. The summed E-state index contributed by atoms with van der Waals surface area (Å²) in [6, 6.07) is 1.88. The van der Waals surface area contributed by atoms with E-state index in [9.17, 15) is 4.79 Å². The fourth-order valence-corrected chi connectivity index (χ4v) is 4.30. The van der Waals surface area contributed by atoms with Crippen LogP contribution in [0.1, 0.15) is 46.3 Å². The van der Waals surface area contributed by atoms with Crippen molar-refractivity contribution < 1.29 is 9.53 Å². The number of hydrogen-bond donors (Lipinski definition) is 3. The average molecular weight is 364 g/mol. The molecule has 0 aliphatic heterocycles. The number of rotatable bonds is 5. The number of nitrogens with one attached hydrogen (secondary N) is 3. The molecule has 0 unspecified atom stereocenters. The van der Waals surface area contributed by atoms with Gasteiger partial charge in [-0.25, -0.2) is 4.79 Å². The van der Waals surface area contributed by atoms with Gasteiger partial charge in [-0.15, -0.1) is 11.3 Å². The van der Waals surface area contributed by atoms with Crippen molar-refractivity contribution in [3.63, 3.8) is 0 Å². The first-order chi connectivity index (χ1) is 11.7. The predicted octanol–water partition coefficient (Wildman–Crippen LogP) is 3.01. The summed E-state index contributed by atoms with van der Waals surface area (Å²) >= 11 is 6.97. The fourth-order valence-electron chi connectivity index (χ4n) is 2.78.